The first-order valence-electron chi connectivity index (χ1n) is 6.56. The molecule has 0 aliphatic heterocycles. The molecule has 0 saturated carbocycles. The predicted molar refractivity (Wildman–Crippen MR) is 83.5 cm³/mol. The van der Waals surface area contributed by atoms with Crippen LogP contribution in [0.4, 0.5) is 0 Å². The number of carbonyl (C=O) groups excluding carboxylic acids is 1. The lowest BCUT2D eigenvalue weighted by atomic mass is 10.4. The summed E-state index contributed by atoms with van der Waals surface area (Å²) in [6.07, 6.45) is 1.53. The van der Waals surface area contributed by atoms with E-state index in [0.717, 1.165) is 4.88 Å². The zero-order valence-corrected chi connectivity index (χ0v) is 13.3. The van der Waals surface area contributed by atoms with Gasteiger partial charge in [-0.05, 0) is 30.5 Å². The van der Waals surface area contributed by atoms with Crippen molar-refractivity contribution in [3.8, 4) is 11.7 Å². The second-order valence-electron chi connectivity index (χ2n) is 4.41. The summed E-state index contributed by atoms with van der Waals surface area (Å²) >= 11 is 2.83. The first-order chi connectivity index (χ1) is 10.7. The average molecular weight is 335 g/mol. The van der Waals surface area contributed by atoms with E-state index in [1.807, 2.05) is 17.5 Å². The second kappa shape index (κ2) is 6.80. The van der Waals surface area contributed by atoms with E-state index in [1.54, 1.807) is 30.4 Å². The van der Waals surface area contributed by atoms with Gasteiger partial charge in [0, 0.05) is 4.88 Å². The van der Waals surface area contributed by atoms with Crippen molar-refractivity contribution in [1.82, 2.24) is 15.5 Å². The Balaban J connectivity index is 1.54. The second-order valence-corrected chi connectivity index (χ2v) is 6.73. The molecule has 22 heavy (non-hydrogen) atoms. The molecule has 1 atom stereocenters. The number of nitrogens with zero attached hydrogens (tertiary/aromatic N) is 2. The molecular formula is C14H13N3O3S2. The molecule has 1 unspecified atom stereocenters. The lowest BCUT2D eigenvalue weighted by molar-refractivity contribution is -0.120. The highest BCUT2D eigenvalue weighted by Crippen LogP contribution is 2.26. The summed E-state index contributed by atoms with van der Waals surface area (Å²) in [5.74, 6) is 0.740. The quantitative estimate of drug-likeness (QED) is 0.697. The van der Waals surface area contributed by atoms with Crippen LogP contribution in [0.2, 0.25) is 0 Å². The van der Waals surface area contributed by atoms with Gasteiger partial charge in [0.25, 0.3) is 11.1 Å². The van der Waals surface area contributed by atoms with Gasteiger partial charge in [-0.2, -0.15) is 0 Å². The molecule has 6 nitrogen and oxygen atoms in total. The van der Waals surface area contributed by atoms with E-state index in [9.17, 15) is 4.79 Å². The lowest BCUT2D eigenvalue weighted by Crippen LogP contribution is -2.30. The summed E-state index contributed by atoms with van der Waals surface area (Å²) in [4.78, 5) is 13.2. The van der Waals surface area contributed by atoms with Gasteiger partial charge in [0.15, 0.2) is 5.76 Å². The Hall–Kier alpha value is -2.06. The Morgan fingerprint density at radius 3 is 3.05 bits per heavy atom. The molecule has 8 heteroatoms. The van der Waals surface area contributed by atoms with Crippen molar-refractivity contribution in [1.29, 1.82) is 0 Å². The maximum atomic E-state index is 12.0. The summed E-state index contributed by atoms with van der Waals surface area (Å²) < 4.78 is 10.6. The fraction of sp³-hybridized carbons (Fsp3) is 0.214. The minimum absolute atomic E-state index is 0.0730. The van der Waals surface area contributed by atoms with Gasteiger partial charge < -0.3 is 14.2 Å². The van der Waals surface area contributed by atoms with Crippen molar-refractivity contribution >= 4 is 29.0 Å². The van der Waals surface area contributed by atoms with E-state index < -0.39 is 0 Å². The third-order valence-corrected chi connectivity index (χ3v) is 4.61. The van der Waals surface area contributed by atoms with Crippen LogP contribution in [0, 0.1) is 0 Å². The largest absolute Gasteiger partial charge is 0.459 e. The lowest BCUT2D eigenvalue weighted by Gasteiger charge is -2.08. The fourth-order valence-electron chi connectivity index (χ4n) is 1.69. The van der Waals surface area contributed by atoms with E-state index in [0.29, 0.717) is 23.4 Å². The molecule has 3 rings (SSSR count). The number of hydrogen-bond donors (Lipinski definition) is 1. The van der Waals surface area contributed by atoms with Crippen molar-refractivity contribution in [3.05, 3.63) is 40.8 Å². The molecule has 3 heterocycles. The number of furan rings is 1. The number of hydrogen-bond acceptors (Lipinski definition) is 7. The van der Waals surface area contributed by atoms with Gasteiger partial charge in [-0.1, -0.05) is 17.8 Å². The third kappa shape index (κ3) is 3.58. The van der Waals surface area contributed by atoms with E-state index in [4.69, 9.17) is 8.83 Å². The fourth-order valence-corrected chi connectivity index (χ4v) is 3.05. The van der Waals surface area contributed by atoms with Crippen LogP contribution in [0.5, 0.6) is 0 Å². The van der Waals surface area contributed by atoms with Gasteiger partial charge in [0.2, 0.25) is 5.91 Å². The molecule has 0 saturated heterocycles. The Morgan fingerprint density at radius 1 is 1.41 bits per heavy atom. The first kappa shape index (κ1) is 14.9. The molecular weight excluding hydrogens is 322 g/mol. The van der Waals surface area contributed by atoms with Crippen molar-refractivity contribution in [2.45, 2.75) is 23.9 Å². The van der Waals surface area contributed by atoms with Crippen LogP contribution in [-0.4, -0.2) is 21.4 Å². The van der Waals surface area contributed by atoms with Gasteiger partial charge in [0.1, 0.15) is 0 Å². The molecule has 0 fully saturated rings. The van der Waals surface area contributed by atoms with E-state index in [2.05, 4.69) is 15.5 Å². The minimum Gasteiger partial charge on any atom is -0.459 e. The SMILES string of the molecule is CC(Sc1nnc(-c2ccco2)o1)C(=O)NCc1cccs1. The highest BCUT2D eigenvalue weighted by molar-refractivity contribution is 8.00. The monoisotopic (exact) mass is 335 g/mol. The molecule has 0 aromatic carbocycles. The molecule has 0 aliphatic rings. The number of carbonyl (C=O) groups is 1. The number of amides is 1. The van der Waals surface area contributed by atoms with Crippen molar-refractivity contribution in [2.24, 2.45) is 0 Å². The number of nitrogens with one attached hydrogen (secondary N) is 1. The van der Waals surface area contributed by atoms with E-state index in [-0.39, 0.29) is 11.2 Å². The maximum absolute atomic E-state index is 12.0. The number of thioether (sulfide) groups is 1. The molecule has 0 bridgehead atoms. The highest BCUT2D eigenvalue weighted by Gasteiger charge is 2.19. The first-order valence-corrected chi connectivity index (χ1v) is 8.32. The molecule has 3 aromatic rings. The number of thiophene rings is 1. The normalized spacial score (nSPS) is 12.2. The van der Waals surface area contributed by atoms with Gasteiger partial charge in [0.05, 0.1) is 18.1 Å². The van der Waals surface area contributed by atoms with Crippen LogP contribution < -0.4 is 5.32 Å². The molecule has 0 radical (unpaired) electrons. The van der Waals surface area contributed by atoms with Crippen molar-refractivity contribution in [2.75, 3.05) is 0 Å². The van der Waals surface area contributed by atoms with E-state index >= 15 is 0 Å². The summed E-state index contributed by atoms with van der Waals surface area (Å²) in [5.41, 5.74) is 0. The number of rotatable bonds is 6. The zero-order valence-electron chi connectivity index (χ0n) is 11.7. The third-order valence-electron chi connectivity index (χ3n) is 2.80. The Morgan fingerprint density at radius 2 is 2.32 bits per heavy atom. The van der Waals surface area contributed by atoms with Gasteiger partial charge >= 0.3 is 0 Å². The Kier molecular flexibility index (Phi) is 4.59. The summed E-state index contributed by atoms with van der Waals surface area (Å²) in [6, 6.07) is 7.42. The number of aromatic nitrogens is 2. The highest BCUT2D eigenvalue weighted by atomic mass is 32.2. The molecule has 1 N–H and O–H groups in total. The Labute approximate surface area is 134 Å². The van der Waals surface area contributed by atoms with Gasteiger partial charge in [-0.25, -0.2) is 0 Å². The van der Waals surface area contributed by atoms with Gasteiger partial charge in [-0.15, -0.1) is 21.5 Å². The van der Waals surface area contributed by atoms with Crippen LogP contribution in [0.25, 0.3) is 11.7 Å². The molecule has 1 amide bonds. The van der Waals surface area contributed by atoms with Crippen LogP contribution in [-0.2, 0) is 11.3 Å². The van der Waals surface area contributed by atoms with Crippen LogP contribution >= 0.6 is 23.1 Å². The van der Waals surface area contributed by atoms with Crippen molar-refractivity contribution < 1.29 is 13.6 Å². The molecule has 0 spiro atoms. The topological polar surface area (TPSA) is 81.2 Å². The molecule has 0 aliphatic carbocycles. The molecule has 3 aromatic heterocycles. The van der Waals surface area contributed by atoms with Gasteiger partial charge in [-0.3, -0.25) is 4.79 Å². The summed E-state index contributed by atoms with van der Waals surface area (Å²) in [5, 5.41) is 12.7. The van der Waals surface area contributed by atoms with Crippen LogP contribution in [0.3, 0.4) is 0 Å². The minimum atomic E-state index is -0.329. The summed E-state index contributed by atoms with van der Waals surface area (Å²) in [6.45, 7) is 2.33. The predicted octanol–water partition coefficient (Wildman–Crippen LogP) is 3.19. The summed E-state index contributed by atoms with van der Waals surface area (Å²) in [7, 11) is 0. The maximum Gasteiger partial charge on any atom is 0.284 e. The standard InChI is InChI=1S/C14H13N3O3S2/c1-9(12(18)15-8-10-4-3-7-21-10)22-14-17-16-13(20-14)11-5-2-6-19-11/h2-7,9H,8H2,1H3,(H,15,18). The zero-order chi connectivity index (χ0) is 15.4. The smallest absolute Gasteiger partial charge is 0.284 e. The van der Waals surface area contributed by atoms with E-state index in [1.165, 1.54) is 18.0 Å². The average Bonchev–Trinajstić information content (AvgIpc) is 3.25. The van der Waals surface area contributed by atoms with Crippen LogP contribution in [0.15, 0.2) is 50.0 Å². The van der Waals surface area contributed by atoms with Crippen LogP contribution in [0.1, 0.15) is 11.8 Å². The molecule has 114 valence electrons. The Bertz CT molecular complexity index is 722. The van der Waals surface area contributed by atoms with Crippen molar-refractivity contribution in [3.63, 3.8) is 0 Å².